The first-order valence-corrected chi connectivity index (χ1v) is 15.0. The van der Waals surface area contributed by atoms with E-state index >= 15 is 0 Å². The lowest BCUT2D eigenvalue weighted by atomic mass is 9.69. The van der Waals surface area contributed by atoms with Gasteiger partial charge in [0.15, 0.2) is 5.84 Å². The van der Waals surface area contributed by atoms with Crippen LogP contribution in [-0.4, -0.2) is 47.5 Å². The number of hydrogen-bond acceptors (Lipinski definition) is 5. The molecule has 42 heavy (non-hydrogen) atoms. The van der Waals surface area contributed by atoms with Crippen molar-refractivity contribution in [2.24, 2.45) is 32.5 Å². The molecule has 2 saturated carbocycles. The van der Waals surface area contributed by atoms with Crippen LogP contribution >= 0.6 is 11.6 Å². The maximum atomic E-state index is 14.3. The summed E-state index contributed by atoms with van der Waals surface area (Å²) >= 11 is 6.13. The van der Waals surface area contributed by atoms with Crippen LogP contribution in [0, 0.1) is 28.5 Å². The van der Waals surface area contributed by atoms with Crippen molar-refractivity contribution in [2.45, 2.75) is 71.0 Å². The van der Waals surface area contributed by atoms with E-state index in [0.717, 1.165) is 44.1 Å². The number of hydrogen-bond donors (Lipinski definition) is 2. The minimum absolute atomic E-state index is 0.0174. The molecule has 0 aromatic heterocycles. The molecule has 2 aromatic rings. The maximum absolute atomic E-state index is 14.3. The molecule has 0 saturated heterocycles. The number of nitrogens with zero attached hydrogens (tertiary/aromatic N) is 4. The van der Waals surface area contributed by atoms with E-state index in [0.29, 0.717) is 22.8 Å². The maximum Gasteiger partial charge on any atom is 0.275 e. The number of aliphatic imine (C=N–C) groups is 1. The van der Waals surface area contributed by atoms with Gasteiger partial charge >= 0.3 is 0 Å². The molecule has 2 amide bonds. The van der Waals surface area contributed by atoms with E-state index in [4.69, 9.17) is 22.0 Å². The molecule has 3 aliphatic rings. The molecule has 1 aliphatic heterocycles. The Morgan fingerprint density at radius 1 is 1.17 bits per heavy atom. The summed E-state index contributed by atoms with van der Waals surface area (Å²) in [7, 11) is 1.47. The van der Waals surface area contributed by atoms with Crippen LogP contribution in [0.25, 0.3) is 0 Å². The Balaban J connectivity index is 1.47. The number of halogens is 2. The Bertz CT molecular complexity index is 1440. The van der Waals surface area contributed by atoms with Crippen molar-refractivity contribution in [2.75, 3.05) is 13.6 Å². The predicted molar refractivity (Wildman–Crippen MR) is 162 cm³/mol. The number of amides is 2. The number of benzene rings is 2. The van der Waals surface area contributed by atoms with E-state index in [1.165, 1.54) is 19.2 Å². The Morgan fingerprint density at radius 2 is 1.83 bits per heavy atom. The van der Waals surface area contributed by atoms with E-state index in [1.807, 2.05) is 17.0 Å². The second-order valence-electron chi connectivity index (χ2n) is 12.7. The molecular weight excluding hydrogens is 555 g/mol. The number of nitrogens with one attached hydrogen (secondary N) is 2. The summed E-state index contributed by atoms with van der Waals surface area (Å²) in [5.74, 6) is -0.222. The number of amidine groups is 1. The SMILES string of the molecule is CN=NC(=N)CNC(=O)c1ccc([C@@H](C2CC2)N2C(=O)C(c3ccc(F)c(Cl)c3)=NC23CCC(C(C)(C)C)CC3)cc1. The van der Waals surface area contributed by atoms with Gasteiger partial charge in [-0.05, 0) is 91.7 Å². The van der Waals surface area contributed by atoms with Crippen molar-refractivity contribution < 1.29 is 14.0 Å². The molecule has 2 fully saturated rings. The second kappa shape index (κ2) is 11.7. The molecule has 222 valence electrons. The summed E-state index contributed by atoms with van der Waals surface area (Å²) in [5.41, 5.74) is 1.75. The van der Waals surface area contributed by atoms with Gasteiger partial charge in [-0.25, -0.2) is 4.39 Å². The van der Waals surface area contributed by atoms with Gasteiger partial charge < -0.3 is 10.2 Å². The van der Waals surface area contributed by atoms with E-state index in [9.17, 15) is 14.0 Å². The lowest BCUT2D eigenvalue weighted by Crippen LogP contribution is -2.52. The van der Waals surface area contributed by atoms with Gasteiger partial charge in [-0.2, -0.15) is 5.11 Å². The molecular formula is C32H38ClFN6O2. The average molecular weight is 593 g/mol. The Hall–Kier alpha value is -3.46. The summed E-state index contributed by atoms with van der Waals surface area (Å²) in [4.78, 5) is 34.2. The normalized spacial score (nSPS) is 23.4. The predicted octanol–water partition coefficient (Wildman–Crippen LogP) is 6.98. The van der Waals surface area contributed by atoms with Crippen molar-refractivity contribution in [1.82, 2.24) is 10.2 Å². The van der Waals surface area contributed by atoms with Gasteiger partial charge in [-0.15, -0.1) is 5.11 Å². The summed E-state index contributed by atoms with van der Waals surface area (Å²) < 4.78 is 14.0. The van der Waals surface area contributed by atoms with Crippen LogP contribution < -0.4 is 5.32 Å². The molecule has 10 heteroatoms. The lowest BCUT2D eigenvalue weighted by molar-refractivity contribution is -0.134. The van der Waals surface area contributed by atoms with Crippen molar-refractivity contribution in [3.8, 4) is 0 Å². The van der Waals surface area contributed by atoms with Crippen LogP contribution in [0.2, 0.25) is 5.02 Å². The average Bonchev–Trinajstić information content (AvgIpc) is 3.76. The highest BCUT2D eigenvalue weighted by Gasteiger charge is 2.55. The van der Waals surface area contributed by atoms with Gasteiger partial charge in [0.2, 0.25) is 0 Å². The fourth-order valence-corrected chi connectivity index (χ4v) is 6.61. The standard InChI is InChI=1S/C32H38ClFN6O2/c1-31(2,3)23-13-15-32(16-14-23)38-27(22-11-12-25(34)24(33)17-22)30(42)40(32)28(19-5-6-19)20-7-9-21(10-8-20)29(41)37-18-26(35)39-36-4/h7-12,17,19,23,28,35H,5-6,13-16,18H2,1-4H3,(H,37,41)/t23?,28-,32?/m1/s1. The van der Waals surface area contributed by atoms with Gasteiger partial charge in [0.1, 0.15) is 17.2 Å². The first-order valence-electron chi connectivity index (χ1n) is 14.6. The van der Waals surface area contributed by atoms with Gasteiger partial charge in [0.05, 0.1) is 17.6 Å². The Kier molecular flexibility index (Phi) is 8.34. The summed E-state index contributed by atoms with van der Waals surface area (Å²) in [5, 5.41) is 17.5. The number of azo groups is 1. The molecule has 0 radical (unpaired) electrons. The zero-order chi connectivity index (χ0) is 30.2. The first kappa shape index (κ1) is 30.0. The van der Waals surface area contributed by atoms with Crippen LogP contribution in [0.4, 0.5) is 4.39 Å². The molecule has 1 heterocycles. The van der Waals surface area contributed by atoms with Crippen LogP contribution in [-0.2, 0) is 4.79 Å². The highest BCUT2D eigenvalue weighted by Crippen LogP contribution is 2.54. The van der Waals surface area contributed by atoms with Crippen LogP contribution in [0.3, 0.4) is 0 Å². The molecule has 5 rings (SSSR count). The molecule has 2 N–H and O–H groups in total. The van der Waals surface area contributed by atoms with Gasteiger partial charge in [-0.1, -0.05) is 44.5 Å². The van der Waals surface area contributed by atoms with E-state index in [-0.39, 0.29) is 46.6 Å². The third-order valence-electron chi connectivity index (χ3n) is 8.89. The van der Waals surface area contributed by atoms with Gasteiger partial charge in [0.25, 0.3) is 11.8 Å². The molecule has 0 bridgehead atoms. The van der Waals surface area contributed by atoms with Gasteiger partial charge in [0, 0.05) is 18.2 Å². The Morgan fingerprint density at radius 3 is 2.40 bits per heavy atom. The lowest BCUT2D eigenvalue weighted by Gasteiger charge is -2.47. The Labute approximate surface area is 251 Å². The van der Waals surface area contributed by atoms with E-state index in [1.54, 1.807) is 18.2 Å². The number of carbonyl (C=O) groups excluding carboxylic acids is 2. The third-order valence-corrected chi connectivity index (χ3v) is 9.18. The van der Waals surface area contributed by atoms with Crippen LogP contribution in [0.15, 0.2) is 57.7 Å². The topological polar surface area (TPSA) is 110 Å². The zero-order valence-electron chi connectivity index (χ0n) is 24.6. The largest absolute Gasteiger partial charge is 0.345 e. The molecule has 1 spiro atoms. The van der Waals surface area contributed by atoms with Crippen molar-refractivity contribution in [1.29, 1.82) is 5.41 Å². The van der Waals surface area contributed by atoms with E-state index in [2.05, 4.69) is 36.3 Å². The minimum atomic E-state index is -0.688. The summed E-state index contributed by atoms with van der Waals surface area (Å²) in [6.45, 7) is 6.79. The van der Waals surface area contributed by atoms with E-state index < -0.39 is 11.5 Å². The van der Waals surface area contributed by atoms with Crippen molar-refractivity contribution in [3.05, 3.63) is 70.0 Å². The number of rotatable bonds is 7. The number of carbonyl (C=O) groups is 2. The fourth-order valence-electron chi connectivity index (χ4n) is 6.43. The summed E-state index contributed by atoms with van der Waals surface area (Å²) in [6, 6.07) is 11.5. The summed E-state index contributed by atoms with van der Waals surface area (Å²) in [6.07, 6.45) is 5.43. The minimum Gasteiger partial charge on any atom is -0.345 e. The van der Waals surface area contributed by atoms with Crippen LogP contribution in [0.1, 0.15) is 86.8 Å². The van der Waals surface area contributed by atoms with Crippen LogP contribution in [0.5, 0.6) is 0 Å². The monoisotopic (exact) mass is 592 g/mol. The van der Waals surface area contributed by atoms with Crippen molar-refractivity contribution >= 4 is 35.0 Å². The molecule has 2 aliphatic carbocycles. The molecule has 2 aromatic carbocycles. The highest BCUT2D eigenvalue weighted by molar-refractivity contribution is 6.47. The third kappa shape index (κ3) is 6.02. The van der Waals surface area contributed by atoms with Crippen molar-refractivity contribution in [3.63, 3.8) is 0 Å². The quantitative estimate of drug-likeness (QED) is 0.205. The highest BCUT2D eigenvalue weighted by atomic mass is 35.5. The van der Waals surface area contributed by atoms with Gasteiger partial charge in [-0.3, -0.25) is 20.0 Å². The molecule has 8 nitrogen and oxygen atoms in total. The molecule has 0 unspecified atom stereocenters. The zero-order valence-corrected chi connectivity index (χ0v) is 25.3. The first-order chi connectivity index (χ1) is 19.9. The second-order valence-corrected chi connectivity index (χ2v) is 13.1. The smallest absolute Gasteiger partial charge is 0.275 e. The fraction of sp³-hybridized carbons (Fsp3) is 0.500. The molecule has 1 atom stereocenters.